The Morgan fingerprint density at radius 1 is 1.24 bits per heavy atom. The van der Waals surface area contributed by atoms with Crippen LogP contribution in [-0.2, 0) is 11.2 Å². The van der Waals surface area contributed by atoms with Gasteiger partial charge in [-0.05, 0) is 43.0 Å². The van der Waals surface area contributed by atoms with E-state index in [1.807, 2.05) is 50.2 Å². The molecule has 1 amide bonds. The molecule has 21 heavy (non-hydrogen) atoms. The Balaban J connectivity index is 2.08. The average Bonchev–Trinajstić information content (AvgIpc) is 2.45. The summed E-state index contributed by atoms with van der Waals surface area (Å²) in [5.41, 5.74) is 3.28. The number of phenolic OH excluding ortho intramolecular Hbond substituents is 1. The molecular weight excluding hydrogens is 330 g/mol. The second-order valence-electron chi connectivity index (χ2n) is 5.12. The summed E-state index contributed by atoms with van der Waals surface area (Å²) in [5, 5.41) is 12.8. The van der Waals surface area contributed by atoms with Crippen molar-refractivity contribution in [3.8, 4) is 5.75 Å². The molecule has 3 nitrogen and oxygen atoms in total. The standard InChI is InChI=1S/C17H18BrNO2/c1-11-8-12(2)16(20)15(9-11)19-17(21)14(18)10-13-6-4-3-5-7-13/h3-9,14,20H,10H2,1-2H3,(H,19,21). The summed E-state index contributed by atoms with van der Waals surface area (Å²) >= 11 is 3.41. The minimum absolute atomic E-state index is 0.119. The van der Waals surface area contributed by atoms with Crippen molar-refractivity contribution < 1.29 is 9.90 Å². The maximum atomic E-state index is 12.2. The lowest BCUT2D eigenvalue weighted by atomic mass is 10.1. The van der Waals surface area contributed by atoms with Gasteiger partial charge >= 0.3 is 0 Å². The summed E-state index contributed by atoms with van der Waals surface area (Å²) in [4.78, 5) is 11.9. The van der Waals surface area contributed by atoms with Crippen LogP contribution in [0.5, 0.6) is 5.75 Å². The van der Waals surface area contributed by atoms with Crippen molar-refractivity contribution in [2.45, 2.75) is 25.1 Å². The summed E-state index contributed by atoms with van der Waals surface area (Å²) < 4.78 is 0. The van der Waals surface area contributed by atoms with Crippen LogP contribution in [0.25, 0.3) is 0 Å². The second-order valence-corrected chi connectivity index (χ2v) is 6.23. The van der Waals surface area contributed by atoms with Crippen molar-refractivity contribution >= 4 is 27.5 Å². The monoisotopic (exact) mass is 347 g/mol. The van der Waals surface area contributed by atoms with Crippen molar-refractivity contribution in [1.82, 2.24) is 0 Å². The number of rotatable bonds is 4. The largest absolute Gasteiger partial charge is 0.505 e. The summed E-state index contributed by atoms with van der Waals surface area (Å²) in [6, 6.07) is 13.4. The lowest BCUT2D eigenvalue weighted by Crippen LogP contribution is -2.24. The second kappa shape index (κ2) is 6.76. The summed E-state index contributed by atoms with van der Waals surface area (Å²) in [6.07, 6.45) is 0.595. The molecule has 0 saturated heterocycles. The van der Waals surface area contributed by atoms with Crippen LogP contribution in [0.15, 0.2) is 42.5 Å². The summed E-state index contributed by atoms with van der Waals surface area (Å²) in [6.45, 7) is 3.74. The van der Waals surface area contributed by atoms with E-state index in [9.17, 15) is 9.90 Å². The van der Waals surface area contributed by atoms with Crippen molar-refractivity contribution in [2.24, 2.45) is 0 Å². The van der Waals surface area contributed by atoms with Crippen molar-refractivity contribution in [1.29, 1.82) is 0 Å². The molecule has 1 atom stereocenters. The van der Waals surface area contributed by atoms with E-state index in [-0.39, 0.29) is 16.5 Å². The molecule has 4 heteroatoms. The van der Waals surface area contributed by atoms with E-state index >= 15 is 0 Å². The molecule has 2 aromatic rings. The zero-order chi connectivity index (χ0) is 15.4. The van der Waals surface area contributed by atoms with Gasteiger partial charge in [-0.3, -0.25) is 4.79 Å². The van der Waals surface area contributed by atoms with E-state index in [4.69, 9.17) is 0 Å². The van der Waals surface area contributed by atoms with Crippen molar-refractivity contribution in [3.63, 3.8) is 0 Å². The SMILES string of the molecule is Cc1cc(C)c(O)c(NC(=O)C(Br)Cc2ccccc2)c1. The first kappa shape index (κ1) is 15.6. The number of carbonyl (C=O) groups is 1. The topological polar surface area (TPSA) is 49.3 Å². The van der Waals surface area contributed by atoms with Crippen LogP contribution >= 0.6 is 15.9 Å². The Morgan fingerprint density at radius 3 is 2.57 bits per heavy atom. The molecule has 0 aliphatic carbocycles. The fraction of sp³-hybridized carbons (Fsp3) is 0.235. The van der Waals surface area contributed by atoms with Crippen LogP contribution in [0.1, 0.15) is 16.7 Å². The Labute approximate surface area is 133 Å². The lowest BCUT2D eigenvalue weighted by molar-refractivity contribution is -0.115. The van der Waals surface area contributed by atoms with Gasteiger partial charge in [0.05, 0.1) is 10.5 Å². The van der Waals surface area contributed by atoms with Crippen molar-refractivity contribution in [2.75, 3.05) is 5.32 Å². The number of halogens is 1. The van der Waals surface area contributed by atoms with Crippen LogP contribution in [0.3, 0.4) is 0 Å². The molecule has 2 rings (SSSR count). The molecule has 2 aromatic carbocycles. The molecule has 0 bridgehead atoms. The number of aromatic hydroxyl groups is 1. The van der Waals surface area contributed by atoms with E-state index in [0.29, 0.717) is 12.1 Å². The minimum atomic E-state index is -0.347. The van der Waals surface area contributed by atoms with E-state index in [1.54, 1.807) is 6.07 Å². The number of aryl methyl sites for hydroxylation is 2. The van der Waals surface area contributed by atoms with Gasteiger partial charge < -0.3 is 10.4 Å². The number of carbonyl (C=O) groups excluding carboxylic acids is 1. The molecule has 0 radical (unpaired) electrons. The maximum Gasteiger partial charge on any atom is 0.238 e. The van der Waals surface area contributed by atoms with Gasteiger partial charge in [0.15, 0.2) is 0 Å². The summed E-state index contributed by atoms with van der Waals surface area (Å²) in [7, 11) is 0. The minimum Gasteiger partial charge on any atom is -0.505 e. The average molecular weight is 348 g/mol. The number of nitrogens with one attached hydrogen (secondary N) is 1. The smallest absolute Gasteiger partial charge is 0.238 e. The molecule has 0 aliphatic rings. The summed E-state index contributed by atoms with van der Waals surface area (Å²) in [5.74, 6) is -0.0486. The number of alkyl halides is 1. The van der Waals surface area contributed by atoms with E-state index in [0.717, 1.165) is 16.7 Å². The zero-order valence-corrected chi connectivity index (χ0v) is 13.6. The number of benzene rings is 2. The molecular formula is C17H18BrNO2. The molecule has 0 aromatic heterocycles. The Bertz CT molecular complexity index is 641. The highest BCUT2D eigenvalue weighted by molar-refractivity contribution is 9.10. The predicted molar refractivity (Wildman–Crippen MR) is 89.1 cm³/mol. The quantitative estimate of drug-likeness (QED) is 0.649. The van der Waals surface area contributed by atoms with Gasteiger partial charge in [0, 0.05) is 0 Å². The Kier molecular flexibility index (Phi) is 5.02. The van der Waals surface area contributed by atoms with Crippen LogP contribution in [-0.4, -0.2) is 15.8 Å². The zero-order valence-electron chi connectivity index (χ0n) is 12.1. The number of anilines is 1. The van der Waals surface area contributed by atoms with Crippen molar-refractivity contribution in [3.05, 3.63) is 59.2 Å². The molecule has 110 valence electrons. The maximum absolute atomic E-state index is 12.2. The highest BCUT2D eigenvalue weighted by Crippen LogP contribution is 2.29. The van der Waals surface area contributed by atoms with Crippen LogP contribution in [0, 0.1) is 13.8 Å². The Morgan fingerprint density at radius 2 is 1.90 bits per heavy atom. The molecule has 0 spiro atoms. The first-order valence-electron chi connectivity index (χ1n) is 6.76. The van der Waals surface area contributed by atoms with E-state index in [2.05, 4.69) is 21.2 Å². The van der Waals surface area contributed by atoms with Crippen LogP contribution in [0.2, 0.25) is 0 Å². The van der Waals surface area contributed by atoms with E-state index in [1.165, 1.54) is 0 Å². The molecule has 0 aliphatic heterocycles. The van der Waals surface area contributed by atoms with Gasteiger partial charge in [0.25, 0.3) is 0 Å². The first-order valence-corrected chi connectivity index (χ1v) is 7.68. The van der Waals surface area contributed by atoms with Gasteiger partial charge in [-0.15, -0.1) is 0 Å². The fourth-order valence-electron chi connectivity index (χ4n) is 2.18. The highest BCUT2D eigenvalue weighted by atomic mass is 79.9. The van der Waals surface area contributed by atoms with Crippen LogP contribution in [0.4, 0.5) is 5.69 Å². The van der Waals surface area contributed by atoms with Crippen LogP contribution < -0.4 is 5.32 Å². The van der Waals surface area contributed by atoms with Gasteiger partial charge in [0.2, 0.25) is 5.91 Å². The fourth-order valence-corrected chi connectivity index (χ4v) is 2.67. The van der Waals surface area contributed by atoms with Gasteiger partial charge in [-0.25, -0.2) is 0 Å². The number of hydrogen-bond acceptors (Lipinski definition) is 2. The van der Waals surface area contributed by atoms with Gasteiger partial charge in [-0.2, -0.15) is 0 Å². The third-order valence-electron chi connectivity index (χ3n) is 3.24. The van der Waals surface area contributed by atoms with Gasteiger partial charge in [-0.1, -0.05) is 52.3 Å². The molecule has 2 N–H and O–H groups in total. The molecule has 0 saturated carbocycles. The third-order valence-corrected chi connectivity index (χ3v) is 3.98. The molecule has 1 unspecified atom stereocenters. The lowest BCUT2D eigenvalue weighted by Gasteiger charge is -2.14. The molecule has 0 fully saturated rings. The first-order chi connectivity index (χ1) is 9.97. The highest BCUT2D eigenvalue weighted by Gasteiger charge is 2.17. The molecule has 0 heterocycles. The normalized spacial score (nSPS) is 12.0. The number of hydrogen-bond donors (Lipinski definition) is 2. The number of phenols is 1. The van der Waals surface area contributed by atoms with E-state index < -0.39 is 0 Å². The number of amides is 1. The predicted octanol–water partition coefficient (Wildman–Crippen LogP) is 3.95. The Hall–Kier alpha value is -1.81. The third kappa shape index (κ3) is 4.08. The van der Waals surface area contributed by atoms with Gasteiger partial charge in [0.1, 0.15) is 5.75 Å².